The summed E-state index contributed by atoms with van der Waals surface area (Å²) in [6.07, 6.45) is 0. The molecule has 1 N–H and O–H groups in total. The fraction of sp³-hybridized carbons (Fsp3) is 0.231. The molecule has 106 valence electrons. The van der Waals surface area contributed by atoms with Crippen LogP contribution in [0.15, 0.2) is 27.8 Å². The van der Waals surface area contributed by atoms with Crippen molar-refractivity contribution in [1.29, 1.82) is 0 Å². The van der Waals surface area contributed by atoms with Gasteiger partial charge in [0.15, 0.2) is 0 Å². The summed E-state index contributed by atoms with van der Waals surface area (Å²) in [6.45, 7) is 3.26. The van der Waals surface area contributed by atoms with Gasteiger partial charge in [0.1, 0.15) is 5.15 Å². The van der Waals surface area contributed by atoms with Crippen molar-refractivity contribution in [3.63, 3.8) is 0 Å². The SMILES string of the molecule is Cc1c(Cl)[nH]c(=O)n(C(C)c2ccc(Cl)cc2Cl)c1=O. The molecule has 0 saturated heterocycles. The zero-order valence-electron chi connectivity index (χ0n) is 10.7. The average Bonchev–Trinajstić information content (AvgIpc) is 2.36. The minimum atomic E-state index is -0.580. The Morgan fingerprint density at radius 2 is 1.85 bits per heavy atom. The number of aromatic nitrogens is 2. The van der Waals surface area contributed by atoms with Crippen molar-refractivity contribution in [3.05, 3.63) is 65.4 Å². The number of benzene rings is 1. The molecule has 0 amide bonds. The fourth-order valence-electron chi connectivity index (χ4n) is 1.95. The predicted octanol–water partition coefficient (Wildman–Crippen LogP) is 3.41. The molecule has 1 unspecified atom stereocenters. The Hall–Kier alpha value is -1.23. The van der Waals surface area contributed by atoms with Crippen LogP contribution in [0.2, 0.25) is 15.2 Å². The number of nitrogens with zero attached hydrogens (tertiary/aromatic N) is 1. The van der Waals surface area contributed by atoms with Crippen LogP contribution in [0.25, 0.3) is 0 Å². The highest BCUT2D eigenvalue weighted by molar-refractivity contribution is 6.35. The van der Waals surface area contributed by atoms with Gasteiger partial charge in [0.25, 0.3) is 5.56 Å². The van der Waals surface area contributed by atoms with Gasteiger partial charge in [-0.2, -0.15) is 0 Å². The zero-order valence-corrected chi connectivity index (χ0v) is 13.0. The molecule has 1 atom stereocenters. The van der Waals surface area contributed by atoms with Gasteiger partial charge in [0, 0.05) is 15.6 Å². The summed E-state index contributed by atoms with van der Waals surface area (Å²) in [6, 6.07) is 4.37. The third kappa shape index (κ3) is 2.64. The van der Waals surface area contributed by atoms with Crippen molar-refractivity contribution in [1.82, 2.24) is 9.55 Å². The quantitative estimate of drug-likeness (QED) is 0.856. The largest absolute Gasteiger partial charge is 0.330 e. The van der Waals surface area contributed by atoms with Gasteiger partial charge in [0.05, 0.1) is 6.04 Å². The lowest BCUT2D eigenvalue weighted by Gasteiger charge is -2.16. The van der Waals surface area contributed by atoms with Gasteiger partial charge < -0.3 is 0 Å². The van der Waals surface area contributed by atoms with Crippen LogP contribution in [0.3, 0.4) is 0 Å². The van der Waals surface area contributed by atoms with Gasteiger partial charge in [-0.05, 0) is 31.5 Å². The summed E-state index contributed by atoms with van der Waals surface area (Å²) in [5.74, 6) is 0. The topological polar surface area (TPSA) is 54.9 Å². The Morgan fingerprint density at radius 3 is 2.45 bits per heavy atom. The van der Waals surface area contributed by atoms with E-state index in [9.17, 15) is 9.59 Å². The zero-order chi connectivity index (χ0) is 15.0. The molecule has 0 fully saturated rings. The molecule has 0 radical (unpaired) electrons. The molecular formula is C13H11Cl3N2O2. The van der Waals surface area contributed by atoms with E-state index in [1.54, 1.807) is 32.0 Å². The van der Waals surface area contributed by atoms with Crippen LogP contribution in [-0.2, 0) is 0 Å². The van der Waals surface area contributed by atoms with E-state index in [-0.39, 0.29) is 10.7 Å². The lowest BCUT2D eigenvalue weighted by Crippen LogP contribution is -2.39. The second kappa shape index (κ2) is 5.64. The minimum absolute atomic E-state index is 0.0469. The Morgan fingerprint density at radius 1 is 1.20 bits per heavy atom. The Bertz CT molecular complexity index is 780. The maximum absolute atomic E-state index is 12.2. The molecule has 1 heterocycles. The highest BCUT2D eigenvalue weighted by Gasteiger charge is 2.18. The molecular weight excluding hydrogens is 323 g/mol. The molecule has 7 heteroatoms. The number of rotatable bonds is 2. The Balaban J connectivity index is 2.66. The van der Waals surface area contributed by atoms with E-state index in [1.165, 1.54) is 0 Å². The molecule has 4 nitrogen and oxygen atoms in total. The first-order chi connectivity index (χ1) is 9.32. The molecule has 1 aromatic heterocycles. The first-order valence-electron chi connectivity index (χ1n) is 5.78. The van der Waals surface area contributed by atoms with E-state index in [0.717, 1.165) is 4.57 Å². The smallest absolute Gasteiger partial charge is 0.297 e. The van der Waals surface area contributed by atoms with Gasteiger partial charge in [-0.15, -0.1) is 0 Å². The van der Waals surface area contributed by atoms with Crippen molar-refractivity contribution in [2.24, 2.45) is 0 Å². The second-order valence-electron chi connectivity index (χ2n) is 4.39. The lowest BCUT2D eigenvalue weighted by molar-refractivity contribution is 0.574. The summed E-state index contributed by atoms with van der Waals surface area (Å²) < 4.78 is 1.08. The van der Waals surface area contributed by atoms with Gasteiger partial charge in [-0.1, -0.05) is 40.9 Å². The molecule has 0 spiro atoms. The summed E-state index contributed by atoms with van der Waals surface area (Å²) in [5.41, 5.74) is -0.116. The summed E-state index contributed by atoms with van der Waals surface area (Å²) >= 11 is 17.7. The molecule has 2 rings (SSSR count). The first kappa shape index (κ1) is 15.2. The summed E-state index contributed by atoms with van der Waals surface area (Å²) in [4.78, 5) is 26.6. The van der Waals surface area contributed by atoms with Crippen LogP contribution in [-0.4, -0.2) is 9.55 Å². The summed E-state index contributed by atoms with van der Waals surface area (Å²) in [5, 5.41) is 0.925. The number of halogens is 3. The number of H-pyrrole nitrogens is 1. The average molecular weight is 334 g/mol. The van der Waals surface area contributed by atoms with Gasteiger partial charge in [-0.3, -0.25) is 14.3 Å². The Kier molecular flexibility index (Phi) is 4.28. The Labute approximate surface area is 129 Å². The molecule has 0 aliphatic carbocycles. The number of hydrogen-bond acceptors (Lipinski definition) is 2. The first-order valence-corrected chi connectivity index (χ1v) is 6.92. The van der Waals surface area contributed by atoms with Crippen LogP contribution in [0, 0.1) is 6.92 Å². The number of nitrogens with one attached hydrogen (secondary N) is 1. The molecule has 2 aromatic rings. The van der Waals surface area contributed by atoms with Crippen LogP contribution >= 0.6 is 34.8 Å². The third-order valence-corrected chi connectivity index (χ3v) is 4.04. The van der Waals surface area contributed by atoms with E-state index in [1.807, 2.05) is 0 Å². The van der Waals surface area contributed by atoms with Crippen LogP contribution < -0.4 is 11.2 Å². The van der Waals surface area contributed by atoms with Crippen molar-refractivity contribution in [3.8, 4) is 0 Å². The maximum atomic E-state index is 12.2. The highest BCUT2D eigenvalue weighted by atomic mass is 35.5. The van der Waals surface area contributed by atoms with Crippen LogP contribution in [0.4, 0.5) is 0 Å². The standard InChI is InChI=1S/C13H11Cl3N2O2/c1-6-11(16)17-13(20)18(12(6)19)7(2)9-4-3-8(14)5-10(9)15/h3-5,7H,1-2H3,(H,17,20). The van der Waals surface area contributed by atoms with Crippen molar-refractivity contribution in [2.45, 2.75) is 19.9 Å². The summed E-state index contributed by atoms with van der Waals surface area (Å²) in [7, 11) is 0. The lowest BCUT2D eigenvalue weighted by atomic mass is 10.1. The predicted molar refractivity (Wildman–Crippen MR) is 81.3 cm³/mol. The maximum Gasteiger partial charge on any atom is 0.330 e. The second-order valence-corrected chi connectivity index (χ2v) is 5.61. The van der Waals surface area contributed by atoms with Crippen molar-refractivity contribution in [2.75, 3.05) is 0 Å². The molecule has 0 saturated carbocycles. The fourth-order valence-corrected chi connectivity index (χ4v) is 2.67. The third-order valence-electron chi connectivity index (χ3n) is 3.10. The molecule has 0 aliphatic rings. The molecule has 1 aromatic carbocycles. The van der Waals surface area contributed by atoms with E-state index >= 15 is 0 Å². The van der Waals surface area contributed by atoms with E-state index in [2.05, 4.69) is 4.98 Å². The van der Waals surface area contributed by atoms with Gasteiger partial charge >= 0.3 is 5.69 Å². The van der Waals surface area contributed by atoms with Gasteiger partial charge in [-0.25, -0.2) is 4.79 Å². The minimum Gasteiger partial charge on any atom is -0.297 e. The van der Waals surface area contributed by atoms with Crippen LogP contribution in [0.1, 0.15) is 24.1 Å². The van der Waals surface area contributed by atoms with Crippen molar-refractivity contribution < 1.29 is 0 Å². The van der Waals surface area contributed by atoms with Crippen molar-refractivity contribution >= 4 is 34.8 Å². The van der Waals surface area contributed by atoms with Crippen LogP contribution in [0.5, 0.6) is 0 Å². The normalized spacial score (nSPS) is 12.4. The number of aromatic amines is 1. The van der Waals surface area contributed by atoms with E-state index in [0.29, 0.717) is 15.6 Å². The highest BCUT2D eigenvalue weighted by Crippen LogP contribution is 2.27. The monoisotopic (exact) mass is 332 g/mol. The molecule has 20 heavy (non-hydrogen) atoms. The molecule has 0 aliphatic heterocycles. The van der Waals surface area contributed by atoms with E-state index in [4.69, 9.17) is 34.8 Å². The van der Waals surface area contributed by atoms with E-state index < -0.39 is 17.3 Å². The molecule has 0 bridgehead atoms. The number of hydrogen-bond donors (Lipinski definition) is 1. The van der Waals surface area contributed by atoms with Gasteiger partial charge in [0.2, 0.25) is 0 Å².